The van der Waals surface area contributed by atoms with E-state index < -0.39 is 0 Å². The molecular formula is C16H20N2O2. The Morgan fingerprint density at radius 2 is 2.15 bits per heavy atom. The maximum absolute atomic E-state index is 11.7. The fourth-order valence-electron chi connectivity index (χ4n) is 2.31. The van der Waals surface area contributed by atoms with Crippen molar-refractivity contribution in [1.29, 1.82) is 0 Å². The second kappa shape index (κ2) is 5.99. The first-order valence-corrected chi connectivity index (χ1v) is 7.05. The molecule has 1 heterocycles. The number of nitrogens with zero attached hydrogens (tertiary/aromatic N) is 1. The summed E-state index contributed by atoms with van der Waals surface area (Å²) in [7, 11) is 0. The molecule has 0 aromatic carbocycles. The topological polar surface area (TPSA) is 58.5 Å². The zero-order valence-electron chi connectivity index (χ0n) is 12.1. The Morgan fingerprint density at radius 1 is 1.40 bits per heavy atom. The zero-order chi connectivity index (χ0) is 14.7. The molecule has 0 fully saturated rings. The number of rotatable bonds is 3. The molecule has 2 aliphatic rings. The zero-order valence-corrected chi connectivity index (χ0v) is 12.1. The molecule has 0 aromatic rings. The van der Waals surface area contributed by atoms with Crippen LogP contribution in [-0.2, 0) is 9.59 Å². The molecule has 20 heavy (non-hydrogen) atoms. The first-order chi connectivity index (χ1) is 9.51. The molecule has 2 rings (SSSR count). The molecule has 1 unspecified atom stereocenters. The monoisotopic (exact) mass is 272 g/mol. The van der Waals surface area contributed by atoms with Gasteiger partial charge in [0, 0.05) is 23.6 Å². The van der Waals surface area contributed by atoms with Crippen LogP contribution in [0.4, 0.5) is 0 Å². The molecule has 1 aliphatic heterocycles. The van der Waals surface area contributed by atoms with Gasteiger partial charge in [-0.2, -0.15) is 0 Å². The van der Waals surface area contributed by atoms with Crippen LogP contribution in [0.1, 0.15) is 33.6 Å². The maximum atomic E-state index is 11.7. The number of allylic oxidation sites excluding steroid dienone is 3. The van der Waals surface area contributed by atoms with Gasteiger partial charge < -0.3 is 5.32 Å². The summed E-state index contributed by atoms with van der Waals surface area (Å²) in [4.78, 5) is 27.4. The van der Waals surface area contributed by atoms with E-state index in [-0.39, 0.29) is 23.7 Å². The van der Waals surface area contributed by atoms with Gasteiger partial charge >= 0.3 is 0 Å². The van der Waals surface area contributed by atoms with Crippen molar-refractivity contribution in [3.63, 3.8) is 0 Å². The molecule has 0 spiro atoms. The number of hydrogen-bond acceptors (Lipinski definition) is 2. The summed E-state index contributed by atoms with van der Waals surface area (Å²) >= 11 is 0. The molecule has 0 radical (unpaired) electrons. The minimum atomic E-state index is -0.147. The summed E-state index contributed by atoms with van der Waals surface area (Å²) in [6.07, 6.45) is 9.24. The quantitative estimate of drug-likeness (QED) is 0.858. The number of nitrogens with one attached hydrogen (secondary N) is 1. The summed E-state index contributed by atoms with van der Waals surface area (Å²) < 4.78 is 0. The first kappa shape index (κ1) is 14.4. The van der Waals surface area contributed by atoms with E-state index in [1.54, 1.807) is 12.2 Å². The van der Waals surface area contributed by atoms with E-state index in [1.807, 2.05) is 26.0 Å². The van der Waals surface area contributed by atoms with Crippen LogP contribution in [0.3, 0.4) is 0 Å². The number of amides is 2. The average molecular weight is 272 g/mol. The third-order valence-corrected chi connectivity index (χ3v) is 3.35. The maximum Gasteiger partial charge on any atom is 0.248 e. The number of carbonyl (C=O) groups excluding carboxylic acids is 2. The molecule has 0 aromatic heterocycles. The van der Waals surface area contributed by atoms with Crippen molar-refractivity contribution >= 4 is 17.5 Å². The molecule has 1 atom stereocenters. The Bertz CT molecular complexity index is 551. The molecule has 1 aliphatic carbocycles. The minimum absolute atomic E-state index is 0.0965. The lowest BCUT2D eigenvalue weighted by molar-refractivity contribution is -0.120. The van der Waals surface area contributed by atoms with Crippen LogP contribution in [0.5, 0.6) is 0 Å². The predicted octanol–water partition coefficient (Wildman–Crippen LogP) is 2.54. The van der Waals surface area contributed by atoms with Gasteiger partial charge in [0.05, 0.1) is 5.71 Å². The summed E-state index contributed by atoms with van der Waals surface area (Å²) in [6.45, 7) is 5.73. The van der Waals surface area contributed by atoms with Gasteiger partial charge in [0.1, 0.15) is 0 Å². The SMILES string of the molecule is CCCC1=CC(=O)NC2=CC(=NC(=O)C(C)C)C=CC12. The van der Waals surface area contributed by atoms with Crippen LogP contribution in [-0.4, -0.2) is 17.5 Å². The third kappa shape index (κ3) is 3.13. The first-order valence-electron chi connectivity index (χ1n) is 7.05. The molecule has 0 saturated carbocycles. The van der Waals surface area contributed by atoms with Gasteiger partial charge in [0.15, 0.2) is 0 Å². The number of hydrogen-bond donors (Lipinski definition) is 1. The average Bonchev–Trinajstić information content (AvgIpc) is 2.38. The summed E-state index contributed by atoms with van der Waals surface area (Å²) in [5.41, 5.74) is 2.54. The number of aliphatic imine (C=N–C) groups is 1. The van der Waals surface area contributed by atoms with E-state index in [2.05, 4.69) is 17.2 Å². The Labute approximate surface area is 119 Å². The van der Waals surface area contributed by atoms with Crippen LogP contribution < -0.4 is 5.32 Å². The fourth-order valence-corrected chi connectivity index (χ4v) is 2.31. The van der Waals surface area contributed by atoms with Crippen molar-refractivity contribution in [3.8, 4) is 0 Å². The van der Waals surface area contributed by atoms with Gasteiger partial charge in [0.25, 0.3) is 0 Å². The van der Waals surface area contributed by atoms with Crippen LogP contribution in [0.15, 0.2) is 40.6 Å². The van der Waals surface area contributed by atoms with E-state index in [0.29, 0.717) is 5.71 Å². The van der Waals surface area contributed by atoms with E-state index >= 15 is 0 Å². The van der Waals surface area contributed by atoms with Crippen molar-refractivity contribution < 1.29 is 9.59 Å². The van der Waals surface area contributed by atoms with E-state index in [1.165, 1.54) is 0 Å². The van der Waals surface area contributed by atoms with E-state index in [0.717, 1.165) is 24.1 Å². The highest BCUT2D eigenvalue weighted by Gasteiger charge is 2.25. The van der Waals surface area contributed by atoms with Gasteiger partial charge in [-0.05, 0) is 18.6 Å². The molecule has 0 saturated heterocycles. The summed E-state index contributed by atoms with van der Waals surface area (Å²) in [6, 6.07) is 0. The largest absolute Gasteiger partial charge is 0.325 e. The van der Waals surface area contributed by atoms with Gasteiger partial charge in [-0.25, -0.2) is 4.99 Å². The third-order valence-electron chi connectivity index (χ3n) is 3.35. The van der Waals surface area contributed by atoms with Gasteiger partial charge in [-0.3, -0.25) is 9.59 Å². The number of carbonyl (C=O) groups is 2. The second-order valence-electron chi connectivity index (χ2n) is 5.42. The highest BCUT2D eigenvalue weighted by molar-refractivity contribution is 6.11. The highest BCUT2D eigenvalue weighted by Crippen LogP contribution is 2.29. The molecular weight excluding hydrogens is 252 g/mol. The lowest BCUT2D eigenvalue weighted by Gasteiger charge is -2.27. The second-order valence-corrected chi connectivity index (χ2v) is 5.42. The number of fused-ring (bicyclic) bond motifs is 1. The van der Waals surface area contributed by atoms with Gasteiger partial charge in [-0.15, -0.1) is 0 Å². The smallest absolute Gasteiger partial charge is 0.248 e. The Kier molecular flexibility index (Phi) is 4.32. The Morgan fingerprint density at radius 3 is 2.80 bits per heavy atom. The van der Waals surface area contributed by atoms with Crippen molar-refractivity contribution in [3.05, 3.63) is 35.6 Å². The molecule has 4 heteroatoms. The van der Waals surface area contributed by atoms with E-state index in [9.17, 15) is 9.59 Å². The van der Waals surface area contributed by atoms with Crippen LogP contribution in [0, 0.1) is 11.8 Å². The Hall–Kier alpha value is -1.97. The van der Waals surface area contributed by atoms with Gasteiger partial charge in [0.2, 0.25) is 11.8 Å². The van der Waals surface area contributed by atoms with Crippen molar-refractivity contribution in [2.24, 2.45) is 16.8 Å². The van der Waals surface area contributed by atoms with Crippen LogP contribution in [0.2, 0.25) is 0 Å². The molecule has 2 amide bonds. The molecule has 106 valence electrons. The fraction of sp³-hybridized carbons (Fsp3) is 0.438. The lowest BCUT2D eigenvalue weighted by Crippen LogP contribution is -2.33. The Balaban J connectivity index is 2.26. The van der Waals surface area contributed by atoms with Gasteiger partial charge in [-0.1, -0.05) is 38.8 Å². The van der Waals surface area contributed by atoms with Crippen molar-refractivity contribution in [1.82, 2.24) is 5.32 Å². The summed E-state index contributed by atoms with van der Waals surface area (Å²) in [5, 5.41) is 2.84. The van der Waals surface area contributed by atoms with E-state index in [4.69, 9.17) is 0 Å². The normalized spacial score (nSPS) is 23.3. The summed E-state index contributed by atoms with van der Waals surface area (Å²) in [5.74, 6) is -0.253. The highest BCUT2D eigenvalue weighted by atomic mass is 16.2. The van der Waals surface area contributed by atoms with Crippen LogP contribution >= 0.6 is 0 Å². The lowest BCUT2D eigenvalue weighted by atomic mass is 9.85. The molecule has 1 N–H and O–H groups in total. The van der Waals surface area contributed by atoms with Crippen molar-refractivity contribution in [2.75, 3.05) is 0 Å². The minimum Gasteiger partial charge on any atom is -0.325 e. The predicted molar refractivity (Wildman–Crippen MR) is 79.1 cm³/mol. The molecule has 0 bridgehead atoms. The van der Waals surface area contributed by atoms with Crippen LogP contribution in [0.25, 0.3) is 0 Å². The standard InChI is InChI=1S/C16H20N2O2/c1-4-5-11-8-15(19)18-14-9-12(6-7-13(11)14)17-16(20)10(2)3/h6-10,13H,4-5H2,1-3H3,(H,18,19). The molecule has 4 nitrogen and oxygen atoms in total. The van der Waals surface area contributed by atoms with Crippen molar-refractivity contribution in [2.45, 2.75) is 33.6 Å².